The van der Waals surface area contributed by atoms with E-state index in [4.69, 9.17) is 17.2 Å². The van der Waals surface area contributed by atoms with Gasteiger partial charge < -0.3 is 101 Å². The normalized spacial score (nSPS) is 23.9. The zero-order chi connectivity index (χ0) is 59.2. The van der Waals surface area contributed by atoms with E-state index in [9.17, 15) is 78.3 Å². The molecular weight excluding hydrogens is 1030 g/mol. The van der Waals surface area contributed by atoms with Gasteiger partial charge in [-0.05, 0) is 84.8 Å². The van der Waals surface area contributed by atoms with Crippen molar-refractivity contribution in [2.24, 2.45) is 23.1 Å². The fourth-order valence-corrected chi connectivity index (χ4v) is 7.86. The van der Waals surface area contributed by atoms with Crippen LogP contribution in [0.25, 0.3) is 0 Å². The summed E-state index contributed by atoms with van der Waals surface area (Å²) in [7, 11) is 0. The highest BCUT2D eigenvalue weighted by Crippen LogP contribution is 2.10. The van der Waals surface area contributed by atoms with Crippen LogP contribution in [-0.2, 0) is 52.7 Å². The lowest BCUT2D eigenvalue weighted by atomic mass is 10.0. The smallest absolute Gasteiger partial charge is 0.245 e. The Morgan fingerprint density at radius 2 is 1.00 bits per heavy atom. The Balaban J connectivity index is 3.74. The average molecular weight is 1120 g/mol. The third kappa shape index (κ3) is 24.7. The molecule has 0 aromatic heterocycles. The summed E-state index contributed by atoms with van der Waals surface area (Å²) in [4.78, 5) is 150. The second kappa shape index (κ2) is 36.9. The molecule has 1 saturated heterocycles. The maximum Gasteiger partial charge on any atom is 0.245 e. The Hall–Kier alpha value is -6.15. The standard InChI is InChI=1S/C48H88N14O16/c1-7-8-9-10-11-12-35(68)53-33(22-63)45(75)62-38(27(6)67)48(78)59-34(23-64)44(74)56-31-16-20-52-46(76)36(25(4)65)60-42(72)30(15-19-51)55-39(69)29(14-18-50)57-47(77)37(26(5)66)61-43(73)32(21-24(2)3)58-40(70)28(13-17-49)54-41(31)71/h24-34,36-38,63-67H,7-23,49-51H2,1-6H3,(H,52,76)(H,53,68)(H,54,71)(H,55,69)(H,56,74)(H,57,77)(H,58,70)(H,59,78)(H,60,72)(H,61,73)(H,62,75)/t25-,26-,27-,28+,29+,30+,31+,32-,33+,34?,36+,37+,38+/m1/s1. The molecule has 0 aliphatic carbocycles. The minimum atomic E-state index is -1.93. The van der Waals surface area contributed by atoms with Gasteiger partial charge in [0.1, 0.15) is 60.4 Å². The first kappa shape index (κ1) is 69.9. The second-order valence-corrected chi connectivity index (χ2v) is 19.6. The summed E-state index contributed by atoms with van der Waals surface area (Å²) in [6, 6.07) is -16.5. The zero-order valence-electron chi connectivity index (χ0n) is 45.6. The van der Waals surface area contributed by atoms with Gasteiger partial charge in [0.05, 0.1) is 31.5 Å². The van der Waals surface area contributed by atoms with E-state index in [1.165, 1.54) is 6.92 Å². The van der Waals surface area contributed by atoms with Gasteiger partial charge >= 0.3 is 0 Å². The van der Waals surface area contributed by atoms with E-state index < -0.39 is 170 Å². The molecule has 1 fully saturated rings. The van der Waals surface area contributed by atoms with Crippen LogP contribution in [0, 0.1) is 5.92 Å². The maximum absolute atomic E-state index is 14.2. The highest BCUT2D eigenvalue weighted by atomic mass is 16.3. The third-order valence-electron chi connectivity index (χ3n) is 12.3. The molecule has 1 aliphatic heterocycles. The van der Waals surface area contributed by atoms with Gasteiger partial charge in [-0.25, -0.2) is 0 Å². The van der Waals surface area contributed by atoms with Crippen LogP contribution in [0.1, 0.15) is 112 Å². The lowest BCUT2D eigenvalue weighted by Crippen LogP contribution is -2.62. The van der Waals surface area contributed by atoms with Crippen molar-refractivity contribution < 1.29 is 78.3 Å². The first-order valence-corrected chi connectivity index (χ1v) is 26.5. The molecule has 0 spiro atoms. The van der Waals surface area contributed by atoms with E-state index in [0.29, 0.717) is 6.42 Å². The van der Waals surface area contributed by atoms with Gasteiger partial charge in [-0.3, -0.25) is 52.7 Å². The summed E-state index contributed by atoms with van der Waals surface area (Å²) in [5, 5.41) is 78.1. The van der Waals surface area contributed by atoms with Crippen LogP contribution < -0.4 is 75.7 Å². The Morgan fingerprint density at radius 3 is 1.47 bits per heavy atom. The van der Waals surface area contributed by atoms with Crippen molar-refractivity contribution in [1.29, 1.82) is 0 Å². The summed E-state index contributed by atoms with van der Waals surface area (Å²) in [5.41, 5.74) is 17.3. The van der Waals surface area contributed by atoms with Gasteiger partial charge in [0.2, 0.25) is 65.0 Å². The largest absolute Gasteiger partial charge is 0.394 e. The van der Waals surface area contributed by atoms with E-state index in [1.807, 2.05) is 6.92 Å². The van der Waals surface area contributed by atoms with E-state index in [1.54, 1.807) is 13.8 Å². The number of unbranched alkanes of at least 4 members (excludes halogenated alkanes) is 4. The molecule has 13 atom stereocenters. The van der Waals surface area contributed by atoms with Crippen molar-refractivity contribution in [2.45, 2.75) is 191 Å². The molecule has 22 N–H and O–H groups in total. The molecule has 0 bridgehead atoms. The van der Waals surface area contributed by atoms with E-state index in [-0.39, 0.29) is 57.7 Å². The predicted octanol–water partition coefficient (Wildman–Crippen LogP) is -8.07. The van der Waals surface area contributed by atoms with Crippen LogP contribution in [0.5, 0.6) is 0 Å². The van der Waals surface area contributed by atoms with Crippen molar-refractivity contribution in [2.75, 3.05) is 39.4 Å². The molecule has 1 rings (SSSR count). The highest BCUT2D eigenvalue weighted by Gasteiger charge is 2.38. The molecular formula is C48H88N14O16. The van der Waals surface area contributed by atoms with Crippen LogP contribution in [0.15, 0.2) is 0 Å². The SMILES string of the molecule is CCCCCCCC(=O)N[C@@H](CO)C(=O)N[C@H](C(=O)NC(CO)C(=O)N[C@H]1CCNC(=O)[C@H]([C@@H](C)O)NC(=O)[C@H](CCN)NC(=O)[C@H](CCN)NC(=O)[C@H]([C@@H](C)O)NC(=O)[C@@H](CC(C)C)NC(=O)[C@H](CCN)NC1=O)[C@@H](C)O. The van der Waals surface area contributed by atoms with Crippen LogP contribution in [0.4, 0.5) is 0 Å². The fourth-order valence-electron chi connectivity index (χ4n) is 7.86. The molecule has 0 saturated carbocycles. The van der Waals surface area contributed by atoms with Gasteiger partial charge in [0.15, 0.2) is 0 Å². The molecule has 0 radical (unpaired) electrons. The molecule has 0 aromatic rings. The average Bonchev–Trinajstić information content (AvgIpc) is 3.37. The molecule has 78 heavy (non-hydrogen) atoms. The van der Waals surface area contributed by atoms with E-state index >= 15 is 0 Å². The van der Waals surface area contributed by atoms with Gasteiger partial charge in [0, 0.05) is 13.0 Å². The molecule has 30 nitrogen and oxygen atoms in total. The number of rotatable bonds is 26. The number of amides is 11. The van der Waals surface area contributed by atoms with Crippen molar-refractivity contribution in [3.63, 3.8) is 0 Å². The molecule has 30 heteroatoms. The number of hydrogen-bond donors (Lipinski definition) is 19. The summed E-state index contributed by atoms with van der Waals surface area (Å²) < 4.78 is 0. The number of aliphatic hydroxyl groups excluding tert-OH is 5. The number of aliphatic hydroxyl groups is 5. The summed E-state index contributed by atoms with van der Waals surface area (Å²) >= 11 is 0. The Bertz CT molecular complexity index is 1980. The summed E-state index contributed by atoms with van der Waals surface area (Å²) in [6.45, 7) is 5.71. The van der Waals surface area contributed by atoms with Crippen LogP contribution in [-0.4, -0.2) is 209 Å². The Morgan fingerprint density at radius 1 is 0.551 bits per heavy atom. The molecule has 1 aliphatic rings. The number of hydrogen-bond acceptors (Lipinski definition) is 19. The van der Waals surface area contributed by atoms with Gasteiger partial charge in [0.25, 0.3) is 0 Å². The first-order valence-electron chi connectivity index (χ1n) is 26.5. The Labute approximate surface area is 454 Å². The molecule has 0 aromatic carbocycles. The van der Waals surface area contributed by atoms with Crippen molar-refractivity contribution in [1.82, 2.24) is 58.5 Å². The van der Waals surface area contributed by atoms with Gasteiger partial charge in [-0.1, -0.05) is 46.5 Å². The topological polar surface area (TPSA) is 499 Å². The Kier molecular flexibility index (Phi) is 33.0. The second-order valence-electron chi connectivity index (χ2n) is 19.6. The highest BCUT2D eigenvalue weighted by molar-refractivity contribution is 5.99. The molecule has 446 valence electrons. The molecule has 1 heterocycles. The van der Waals surface area contributed by atoms with Crippen molar-refractivity contribution >= 4 is 65.0 Å². The minimum absolute atomic E-state index is 0.0501. The predicted molar refractivity (Wildman–Crippen MR) is 280 cm³/mol. The number of nitrogens with one attached hydrogen (secondary N) is 11. The summed E-state index contributed by atoms with van der Waals surface area (Å²) in [6.07, 6.45) is -2.00. The van der Waals surface area contributed by atoms with Gasteiger partial charge in [-0.2, -0.15) is 0 Å². The zero-order valence-corrected chi connectivity index (χ0v) is 45.6. The van der Waals surface area contributed by atoms with Crippen LogP contribution >= 0.6 is 0 Å². The number of nitrogens with two attached hydrogens (primary N) is 3. The van der Waals surface area contributed by atoms with Crippen molar-refractivity contribution in [3.8, 4) is 0 Å². The third-order valence-corrected chi connectivity index (χ3v) is 12.3. The van der Waals surface area contributed by atoms with Crippen LogP contribution in [0.3, 0.4) is 0 Å². The number of carbonyl (C=O) groups excluding carboxylic acids is 11. The monoisotopic (exact) mass is 1120 g/mol. The molecule has 1 unspecified atom stereocenters. The lowest BCUT2D eigenvalue weighted by Gasteiger charge is -2.29. The number of carbonyl (C=O) groups is 11. The first-order chi connectivity index (χ1) is 36.8. The minimum Gasteiger partial charge on any atom is -0.394 e. The van der Waals surface area contributed by atoms with Crippen LogP contribution in [0.2, 0.25) is 0 Å². The van der Waals surface area contributed by atoms with E-state index in [0.717, 1.165) is 39.5 Å². The lowest BCUT2D eigenvalue weighted by molar-refractivity contribution is -0.138. The fraction of sp³-hybridized carbons (Fsp3) is 0.771. The quantitative estimate of drug-likeness (QED) is 0.0358. The van der Waals surface area contributed by atoms with E-state index in [2.05, 4.69) is 58.5 Å². The summed E-state index contributed by atoms with van der Waals surface area (Å²) in [5.74, 6) is -11.6. The van der Waals surface area contributed by atoms with Gasteiger partial charge in [-0.15, -0.1) is 0 Å². The van der Waals surface area contributed by atoms with Crippen molar-refractivity contribution in [3.05, 3.63) is 0 Å². The molecule has 11 amide bonds. The maximum atomic E-state index is 14.2.